The third kappa shape index (κ3) is 2.54. The zero-order valence-electron chi connectivity index (χ0n) is 10.8. The van der Waals surface area contributed by atoms with Gasteiger partial charge in [-0.1, -0.05) is 5.57 Å². The molecule has 0 saturated heterocycles. The van der Waals surface area contributed by atoms with Crippen LogP contribution in [0, 0.1) is 5.92 Å². The van der Waals surface area contributed by atoms with Gasteiger partial charge in [-0.15, -0.1) is 0 Å². The highest BCUT2D eigenvalue weighted by atomic mass is 16.5. The number of hydrogen-bond donors (Lipinski definition) is 0. The number of carbonyl (C=O) groups is 1. The minimum atomic E-state index is -0.104. The SMILES string of the molecule is CC(C)(C)OC1(C)CC2=CC(=O)CCC2C1. The van der Waals surface area contributed by atoms with Crippen molar-refractivity contribution in [1.82, 2.24) is 0 Å². The lowest BCUT2D eigenvalue weighted by molar-refractivity contribution is -0.120. The van der Waals surface area contributed by atoms with Crippen LogP contribution in [0.4, 0.5) is 0 Å². The highest BCUT2D eigenvalue weighted by molar-refractivity contribution is 5.91. The van der Waals surface area contributed by atoms with E-state index in [-0.39, 0.29) is 11.2 Å². The lowest BCUT2D eigenvalue weighted by atomic mass is 9.89. The molecule has 1 saturated carbocycles. The Labute approximate surface area is 98.1 Å². The largest absolute Gasteiger partial charge is 0.369 e. The van der Waals surface area contributed by atoms with Crippen molar-refractivity contribution in [2.45, 2.75) is 64.6 Å². The van der Waals surface area contributed by atoms with E-state index in [4.69, 9.17) is 4.74 Å². The second-order valence-corrected chi connectivity index (χ2v) is 6.47. The van der Waals surface area contributed by atoms with Crippen LogP contribution in [-0.2, 0) is 9.53 Å². The summed E-state index contributed by atoms with van der Waals surface area (Å²) in [5.74, 6) is 0.885. The minimum Gasteiger partial charge on any atom is -0.369 e. The lowest BCUT2D eigenvalue weighted by Gasteiger charge is -2.33. The number of ether oxygens (including phenoxy) is 1. The van der Waals surface area contributed by atoms with Crippen LogP contribution in [0.15, 0.2) is 11.6 Å². The van der Waals surface area contributed by atoms with Crippen LogP contribution in [0.2, 0.25) is 0 Å². The summed E-state index contributed by atoms with van der Waals surface area (Å²) in [6.07, 6.45) is 5.61. The van der Waals surface area contributed by atoms with Crippen LogP contribution in [0.1, 0.15) is 53.4 Å². The van der Waals surface area contributed by atoms with Crippen LogP contribution >= 0.6 is 0 Å². The fourth-order valence-electron chi connectivity index (χ4n) is 3.17. The molecule has 0 spiro atoms. The molecule has 0 heterocycles. The molecule has 2 unspecified atom stereocenters. The molecule has 1 fully saturated rings. The Morgan fingerprint density at radius 2 is 2.12 bits per heavy atom. The highest BCUT2D eigenvalue weighted by Crippen LogP contribution is 2.46. The summed E-state index contributed by atoms with van der Waals surface area (Å²) in [6.45, 7) is 8.47. The highest BCUT2D eigenvalue weighted by Gasteiger charge is 2.42. The van der Waals surface area contributed by atoms with Crippen molar-refractivity contribution in [2.75, 3.05) is 0 Å². The van der Waals surface area contributed by atoms with E-state index in [1.54, 1.807) is 0 Å². The molecule has 16 heavy (non-hydrogen) atoms. The van der Waals surface area contributed by atoms with Gasteiger partial charge in [0.25, 0.3) is 0 Å². The maximum Gasteiger partial charge on any atom is 0.155 e. The summed E-state index contributed by atoms with van der Waals surface area (Å²) >= 11 is 0. The molecule has 0 radical (unpaired) electrons. The summed E-state index contributed by atoms with van der Waals surface area (Å²) in [5, 5.41) is 0. The van der Waals surface area contributed by atoms with Gasteiger partial charge in [-0.25, -0.2) is 0 Å². The van der Waals surface area contributed by atoms with Crippen LogP contribution < -0.4 is 0 Å². The Morgan fingerprint density at radius 1 is 1.44 bits per heavy atom. The molecule has 2 aliphatic carbocycles. The van der Waals surface area contributed by atoms with Gasteiger partial charge in [0.15, 0.2) is 5.78 Å². The summed E-state index contributed by atoms with van der Waals surface area (Å²) < 4.78 is 6.16. The first-order chi connectivity index (χ1) is 7.27. The normalized spacial score (nSPS) is 34.9. The predicted octanol–water partition coefficient (Wildman–Crippen LogP) is 3.26. The molecule has 0 aliphatic heterocycles. The van der Waals surface area contributed by atoms with Gasteiger partial charge in [0.1, 0.15) is 0 Å². The molecule has 0 bridgehead atoms. The first kappa shape index (κ1) is 11.8. The fourth-order valence-corrected chi connectivity index (χ4v) is 3.17. The number of allylic oxidation sites excluding steroid dienone is 1. The predicted molar refractivity (Wildman–Crippen MR) is 64.3 cm³/mol. The van der Waals surface area contributed by atoms with E-state index < -0.39 is 0 Å². The van der Waals surface area contributed by atoms with Crippen molar-refractivity contribution in [3.63, 3.8) is 0 Å². The van der Waals surface area contributed by atoms with Gasteiger partial charge < -0.3 is 4.74 Å². The summed E-state index contributed by atoms with van der Waals surface area (Å²) in [7, 11) is 0. The second kappa shape index (κ2) is 3.69. The molecule has 0 aromatic heterocycles. The second-order valence-electron chi connectivity index (χ2n) is 6.47. The van der Waals surface area contributed by atoms with E-state index in [1.165, 1.54) is 5.57 Å². The molecular weight excluding hydrogens is 200 g/mol. The molecule has 2 aliphatic rings. The molecule has 2 rings (SSSR count). The zero-order valence-corrected chi connectivity index (χ0v) is 10.8. The first-order valence-corrected chi connectivity index (χ1v) is 6.21. The lowest BCUT2D eigenvalue weighted by Crippen LogP contribution is -2.35. The van der Waals surface area contributed by atoms with E-state index in [9.17, 15) is 4.79 Å². The molecule has 2 heteroatoms. The van der Waals surface area contributed by atoms with Crippen molar-refractivity contribution >= 4 is 5.78 Å². The number of rotatable bonds is 1. The average molecular weight is 222 g/mol. The Kier molecular flexibility index (Phi) is 2.73. The van der Waals surface area contributed by atoms with Crippen molar-refractivity contribution in [2.24, 2.45) is 5.92 Å². The third-order valence-corrected chi connectivity index (χ3v) is 3.42. The van der Waals surface area contributed by atoms with Crippen LogP contribution in [0.5, 0.6) is 0 Å². The van der Waals surface area contributed by atoms with Gasteiger partial charge in [-0.2, -0.15) is 0 Å². The molecular formula is C14H22O2. The molecule has 0 aromatic carbocycles. The maximum absolute atomic E-state index is 11.4. The van der Waals surface area contributed by atoms with Gasteiger partial charge in [-0.3, -0.25) is 4.79 Å². The van der Waals surface area contributed by atoms with Crippen molar-refractivity contribution in [3.8, 4) is 0 Å². The standard InChI is InChI=1S/C14H22O2/c1-13(2,3)16-14(4)8-10-5-6-12(15)7-11(10)9-14/h7,10H,5-6,8-9H2,1-4H3. The molecule has 0 N–H and O–H groups in total. The molecule has 0 amide bonds. The van der Waals surface area contributed by atoms with E-state index in [0.717, 1.165) is 25.7 Å². The topological polar surface area (TPSA) is 26.3 Å². The van der Waals surface area contributed by atoms with E-state index in [2.05, 4.69) is 27.7 Å². The number of hydrogen-bond acceptors (Lipinski definition) is 2. The van der Waals surface area contributed by atoms with Crippen molar-refractivity contribution < 1.29 is 9.53 Å². The number of ketones is 1. The van der Waals surface area contributed by atoms with Crippen molar-refractivity contribution in [1.29, 1.82) is 0 Å². The van der Waals surface area contributed by atoms with E-state index >= 15 is 0 Å². The van der Waals surface area contributed by atoms with Gasteiger partial charge >= 0.3 is 0 Å². The van der Waals surface area contributed by atoms with Gasteiger partial charge in [-0.05, 0) is 59.0 Å². The zero-order chi connectivity index (χ0) is 12.0. The number of carbonyl (C=O) groups excluding carboxylic acids is 1. The van der Waals surface area contributed by atoms with Gasteiger partial charge in [0.2, 0.25) is 0 Å². The monoisotopic (exact) mass is 222 g/mol. The van der Waals surface area contributed by atoms with Gasteiger partial charge in [0.05, 0.1) is 11.2 Å². The molecule has 90 valence electrons. The Hall–Kier alpha value is -0.630. The minimum absolute atomic E-state index is 0.0701. The summed E-state index contributed by atoms with van der Waals surface area (Å²) in [4.78, 5) is 11.4. The molecule has 2 nitrogen and oxygen atoms in total. The molecule has 2 atom stereocenters. The summed E-state index contributed by atoms with van der Waals surface area (Å²) in [5.41, 5.74) is 1.15. The Bertz CT molecular complexity index is 335. The summed E-state index contributed by atoms with van der Waals surface area (Å²) in [6, 6.07) is 0. The smallest absolute Gasteiger partial charge is 0.155 e. The van der Waals surface area contributed by atoms with Crippen LogP contribution in [-0.4, -0.2) is 17.0 Å². The molecule has 0 aromatic rings. The Morgan fingerprint density at radius 3 is 2.75 bits per heavy atom. The quantitative estimate of drug-likeness (QED) is 0.680. The van der Waals surface area contributed by atoms with E-state index in [0.29, 0.717) is 11.7 Å². The first-order valence-electron chi connectivity index (χ1n) is 6.21. The van der Waals surface area contributed by atoms with Crippen LogP contribution in [0.3, 0.4) is 0 Å². The Balaban J connectivity index is 2.12. The van der Waals surface area contributed by atoms with Crippen LogP contribution in [0.25, 0.3) is 0 Å². The van der Waals surface area contributed by atoms with Gasteiger partial charge in [0, 0.05) is 6.42 Å². The third-order valence-electron chi connectivity index (χ3n) is 3.42. The number of fused-ring (bicyclic) bond motifs is 1. The van der Waals surface area contributed by atoms with E-state index in [1.807, 2.05) is 6.08 Å². The maximum atomic E-state index is 11.4. The fraction of sp³-hybridized carbons (Fsp3) is 0.786. The van der Waals surface area contributed by atoms with Crippen molar-refractivity contribution in [3.05, 3.63) is 11.6 Å². The average Bonchev–Trinajstić information content (AvgIpc) is 2.35.